The third-order valence-electron chi connectivity index (χ3n) is 3.11. The summed E-state index contributed by atoms with van der Waals surface area (Å²) < 4.78 is 10.9. The number of nitrogens with zero attached hydrogens (tertiary/aromatic N) is 1. The second kappa shape index (κ2) is 7.35. The van der Waals surface area contributed by atoms with Crippen LogP contribution in [-0.2, 0) is 8.98 Å². The first kappa shape index (κ1) is 16.4. The Hall–Kier alpha value is -0.950. The molecule has 1 amide bonds. The first-order valence-corrected chi connectivity index (χ1v) is 7.81. The Labute approximate surface area is 134 Å². The van der Waals surface area contributed by atoms with Gasteiger partial charge in [-0.1, -0.05) is 11.6 Å². The molecule has 21 heavy (non-hydrogen) atoms. The van der Waals surface area contributed by atoms with E-state index < -0.39 is 5.60 Å². The van der Waals surface area contributed by atoms with Crippen LogP contribution >= 0.6 is 23.9 Å². The van der Waals surface area contributed by atoms with E-state index in [1.165, 1.54) is 0 Å². The maximum Gasteiger partial charge on any atom is 0.255 e. The molecular formula is C14H19ClN2O3S. The predicted octanol–water partition coefficient (Wildman–Crippen LogP) is 2.51. The summed E-state index contributed by atoms with van der Waals surface area (Å²) in [6.45, 7) is 6.53. The van der Waals surface area contributed by atoms with Crippen LogP contribution < -0.4 is 9.50 Å². The number of amides is 1. The van der Waals surface area contributed by atoms with Crippen LogP contribution in [0.25, 0.3) is 0 Å². The normalized spacial score (nSPS) is 15.9. The summed E-state index contributed by atoms with van der Waals surface area (Å²) in [6, 6.07) is 6.94. The summed E-state index contributed by atoms with van der Waals surface area (Å²) in [5.41, 5.74) is -0.936. The van der Waals surface area contributed by atoms with Crippen LogP contribution in [0, 0.1) is 0 Å². The van der Waals surface area contributed by atoms with Crippen LogP contribution in [0.3, 0.4) is 0 Å². The van der Waals surface area contributed by atoms with Crippen LogP contribution in [0.5, 0.6) is 5.75 Å². The fraction of sp³-hybridized carbons (Fsp3) is 0.500. The van der Waals surface area contributed by atoms with E-state index in [1.807, 2.05) is 0 Å². The minimum Gasteiger partial charge on any atom is -0.400 e. The Morgan fingerprint density at radius 3 is 2.52 bits per heavy atom. The molecule has 1 aromatic carbocycles. The minimum absolute atomic E-state index is 0.0313. The summed E-state index contributed by atoms with van der Waals surface area (Å²) >= 11 is 6.60. The number of rotatable bonds is 5. The lowest BCUT2D eigenvalue weighted by Crippen LogP contribution is -2.53. The largest absolute Gasteiger partial charge is 0.400 e. The number of carbonyl (C=O) groups excluding carboxylic acids is 1. The molecule has 0 saturated carbocycles. The third-order valence-corrected chi connectivity index (χ3v) is 4.10. The molecule has 1 heterocycles. The molecule has 7 heteroatoms. The number of nitrogens with one attached hydrogen (secondary N) is 1. The molecule has 1 fully saturated rings. The van der Waals surface area contributed by atoms with Crippen molar-refractivity contribution in [3.05, 3.63) is 29.3 Å². The third kappa shape index (κ3) is 4.78. The second-order valence-corrected chi connectivity index (χ2v) is 6.15. The van der Waals surface area contributed by atoms with Crippen LogP contribution in [0.1, 0.15) is 13.8 Å². The highest BCUT2D eigenvalue weighted by molar-refractivity contribution is 7.90. The van der Waals surface area contributed by atoms with E-state index in [1.54, 1.807) is 43.0 Å². The predicted molar refractivity (Wildman–Crippen MR) is 84.3 cm³/mol. The van der Waals surface area contributed by atoms with Gasteiger partial charge in [0.2, 0.25) is 12.3 Å². The van der Waals surface area contributed by atoms with Gasteiger partial charge in [0.05, 0.1) is 0 Å². The molecule has 1 saturated heterocycles. The van der Waals surface area contributed by atoms with Gasteiger partial charge in [-0.05, 0) is 38.1 Å². The average Bonchev–Trinajstić information content (AvgIpc) is 2.49. The molecule has 116 valence electrons. The highest BCUT2D eigenvalue weighted by atomic mass is 35.5. The number of hydrogen-bond donors (Lipinski definition) is 1. The molecule has 0 spiro atoms. The summed E-state index contributed by atoms with van der Waals surface area (Å²) in [5, 5.41) is 3.86. The van der Waals surface area contributed by atoms with Crippen molar-refractivity contribution >= 4 is 29.8 Å². The average molecular weight is 331 g/mol. The van der Waals surface area contributed by atoms with Crippen LogP contribution in [0.4, 0.5) is 0 Å². The number of benzene rings is 1. The van der Waals surface area contributed by atoms with Gasteiger partial charge in [-0.3, -0.25) is 8.98 Å². The molecule has 0 radical (unpaired) electrons. The van der Waals surface area contributed by atoms with Gasteiger partial charge in [-0.2, -0.15) is 0 Å². The van der Waals surface area contributed by atoms with Crippen molar-refractivity contribution < 1.29 is 13.2 Å². The fourth-order valence-corrected chi connectivity index (χ4v) is 2.51. The Morgan fingerprint density at radius 2 is 1.90 bits per heavy atom. The Kier molecular flexibility index (Phi) is 5.75. The van der Waals surface area contributed by atoms with Crippen molar-refractivity contribution in [1.29, 1.82) is 0 Å². The number of carbonyl (C=O) groups is 1. The molecule has 1 aliphatic rings. The lowest BCUT2D eigenvalue weighted by molar-refractivity contribution is -0.145. The summed E-state index contributed by atoms with van der Waals surface area (Å²) in [6.07, 6.45) is 0. The molecule has 0 bridgehead atoms. The molecule has 5 nitrogen and oxygen atoms in total. The van der Waals surface area contributed by atoms with E-state index in [2.05, 4.69) is 5.32 Å². The van der Waals surface area contributed by atoms with Gasteiger partial charge >= 0.3 is 0 Å². The Balaban J connectivity index is 1.82. The van der Waals surface area contributed by atoms with Gasteiger partial charge in [-0.15, -0.1) is 0 Å². The summed E-state index contributed by atoms with van der Waals surface area (Å²) in [7, 11) is 0. The topological polar surface area (TPSA) is 50.8 Å². The van der Waals surface area contributed by atoms with Gasteiger partial charge < -0.3 is 14.4 Å². The first-order chi connectivity index (χ1) is 9.99. The number of halogens is 1. The van der Waals surface area contributed by atoms with Gasteiger partial charge in [0.1, 0.15) is 5.75 Å². The lowest BCUT2D eigenvalue weighted by atomic mass is 10.1. The molecule has 0 atom stereocenters. The van der Waals surface area contributed by atoms with Crippen LogP contribution in [0.2, 0.25) is 5.02 Å². The lowest BCUT2D eigenvalue weighted by Gasteiger charge is -2.33. The molecule has 1 N–H and O–H groups in total. The van der Waals surface area contributed by atoms with Gasteiger partial charge in [0, 0.05) is 31.2 Å². The molecule has 0 aliphatic carbocycles. The molecule has 1 aromatic rings. The standard InChI is InChI=1S/C14H19ClN2O3S/c1-14(2,13(18)17-9-7-16-8-10-17)20-21-19-12-5-3-11(15)4-6-12/h3-6,16H,7-10H2,1-2H3. The van der Waals surface area contributed by atoms with Crippen molar-refractivity contribution in [3.8, 4) is 5.75 Å². The number of hydrogen-bond acceptors (Lipinski definition) is 5. The van der Waals surface area contributed by atoms with Crippen molar-refractivity contribution in [2.75, 3.05) is 26.2 Å². The zero-order valence-electron chi connectivity index (χ0n) is 12.1. The molecular weight excluding hydrogens is 312 g/mol. The minimum atomic E-state index is -0.936. The van der Waals surface area contributed by atoms with Gasteiger partial charge in [0.15, 0.2) is 5.60 Å². The smallest absolute Gasteiger partial charge is 0.255 e. The molecule has 0 unspecified atom stereocenters. The van der Waals surface area contributed by atoms with E-state index in [4.69, 9.17) is 20.0 Å². The Bertz CT molecular complexity index is 476. The zero-order chi connectivity index (χ0) is 15.3. The fourth-order valence-electron chi connectivity index (χ4n) is 1.92. The quantitative estimate of drug-likeness (QED) is 0.841. The molecule has 1 aliphatic heterocycles. The van der Waals surface area contributed by atoms with Gasteiger partial charge in [0.25, 0.3) is 5.91 Å². The van der Waals surface area contributed by atoms with Gasteiger partial charge in [-0.25, -0.2) is 0 Å². The maximum absolute atomic E-state index is 12.4. The van der Waals surface area contributed by atoms with Crippen molar-refractivity contribution in [3.63, 3.8) is 0 Å². The van der Waals surface area contributed by atoms with E-state index in [-0.39, 0.29) is 5.91 Å². The zero-order valence-corrected chi connectivity index (χ0v) is 13.7. The second-order valence-electron chi connectivity index (χ2n) is 5.24. The first-order valence-electron chi connectivity index (χ1n) is 6.77. The highest BCUT2D eigenvalue weighted by Crippen LogP contribution is 2.25. The molecule has 0 aromatic heterocycles. The summed E-state index contributed by atoms with van der Waals surface area (Å²) in [4.78, 5) is 14.2. The van der Waals surface area contributed by atoms with Crippen LogP contribution in [-0.4, -0.2) is 42.6 Å². The monoisotopic (exact) mass is 330 g/mol. The van der Waals surface area contributed by atoms with E-state index in [0.717, 1.165) is 25.4 Å². The maximum atomic E-state index is 12.4. The van der Waals surface area contributed by atoms with Crippen molar-refractivity contribution in [2.24, 2.45) is 0 Å². The van der Waals surface area contributed by atoms with E-state index >= 15 is 0 Å². The molecule has 2 rings (SSSR count). The Morgan fingerprint density at radius 1 is 1.29 bits per heavy atom. The van der Waals surface area contributed by atoms with Crippen molar-refractivity contribution in [1.82, 2.24) is 10.2 Å². The van der Waals surface area contributed by atoms with Crippen molar-refractivity contribution in [2.45, 2.75) is 19.4 Å². The van der Waals surface area contributed by atoms with E-state index in [0.29, 0.717) is 23.9 Å². The number of piperazine rings is 1. The van der Waals surface area contributed by atoms with Crippen LogP contribution in [0.15, 0.2) is 24.3 Å². The highest BCUT2D eigenvalue weighted by Gasteiger charge is 2.34. The summed E-state index contributed by atoms with van der Waals surface area (Å²) in [5.74, 6) is 0.589. The van der Waals surface area contributed by atoms with E-state index in [9.17, 15) is 4.79 Å². The SMILES string of the molecule is CC(C)(OSOc1ccc(Cl)cc1)C(=O)N1CCNCC1.